The highest BCUT2D eigenvalue weighted by Gasteiger charge is 2.25. The van der Waals surface area contributed by atoms with Gasteiger partial charge < -0.3 is 10.2 Å². The molecular formula is C20H23N5O. The van der Waals surface area contributed by atoms with Crippen molar-refractivity contribution in [2.45, 2.75) is 38.6 Å². The molecule has 1 aliphatic rings. The van der Waals surface area contributed by atoms with Crippen molar-refractivity contribution in [3.63, 3.8) is 0 Å². The van der Waals surface area contributed by atoms with Crippen LogP contribution in [0.25, 0.3) is 0 Å². The number of carbonyl (C=O) groups is 1. The molecule has 0 saturated carbocycles. The molecule has 1 N–H and O–H groups in total. The summed E-state index contributed by atoms with van der Waals surface area (Å²) < 4.78 is 0. The van der Waals surface area contributed by atoms with Gasteiger partial charge in [0.25, 0.3) is 0 Å². The number of carbonyl (C=O) groups excluding carboxylic acids is 1. The summed E-state index contributed by atoms with van der Waals surface area (Å²) in [7, 11) is 0. The molecule has 2 aromatic rings. The van der Waals surface area contributed by atoms with Crippen molar-refractivity contribution in [1.29, 1.82) is 5.26 Å². The molecule has 0 bridgehead atoms. The minimum Gasteiger partial charge on any atom is -0.353 e. The van der Waals surface area contributed by atoms with Crippen LogP contribution in [0.15, 0.2) is 36.4 Å². The Morgan fingerprint density at radius 3 is 2.65 bits per heavy atom. The normalized spacial score (nSPS) is 16.5. The maximum Gasteiger partial charge on any atom is 0.224 e. The molecule has 0 aliphatic carbocycles. The fourth-order valence-corrected chi connectivity index (χ4v) is 3.12. The average Bonchev–Trinajstić information content (AvgIpc) is 3.10. The summed E-state index contributed by atoms with van der Waals surface area (Å²) in [4.78, 5) is 14.4. The molecule has 1 saturated heterocycles. The third-order valence-electron chi connectivity index (χ3n) is 4.65. The summed E-state index contributed by atoms with van der Waals surface area (Å²) in [5, 5.41) is 19.8. The Morgan fingerprint density at radius 2 is 2.04 bits per heavy atom. The lowest BCUT2D eigenvalue weighted by Crippen LogP contribution is -2.38. The standard InChI is InChI=1S/C20H23N5O/c1-14(2)16-5-3-15(4-6-16)11-20(26)22-18-9-10-25(13-18)19-8-7-17(12-21)23-24-19/h3-8,14,18H,9-11,13H2,1-2H3,(H,22,26)/t18-/m0/s1. The first-order valence-corrected chi connectivity index (χ1v) is 8.92. The maximum absolute atomic E-state index is 12.3. The van der Waals surface area contributed by atoms with Crippen molar-refractivity contribution < 1.29 is 4.79 Å². The number of benzene rings is 1. The van der Waals surface area contributed by atoms with E-state index in [0.717, 1.165) is 24.3 Å². The maximum atomic E-state index is 12.3. The Hall–Kier alpha value is -2.94. The van der Waals surface area contributed by atoms with E-state index in [0.29, 0.717) is 24.6 Å². The largest absolute Gasteiger partial charge is 0.353 e. The summed E-state index contributed by atoms with van der Waals surface area (Å²) in [6, 6.07) is 13.8. The lowest BCUT2D eigenvalue weighted by Gasteiger charge is -2.17. The molecule has 134 valence electrons. The SMILES string of the molecule is CC(C)c1ccc(CC(=O)N[C@H]2CCN(c3ccc(C#N)nn3)C2)cc1. The third-order valence-corrected chi connectivity index (χ3v) is 4.65. The number of amides is 1. The Kier molecular flexibility index (Phi) is 5.47. The van der Waals surface area contributed by atoms with Crippen LogP contribution < -0.4 is 10.2 Å². The molecule has 1 amide bonds. The van der Waals surface area contributed by atoms with Gasteiger partial charge in [0.1, 0.15) is 6.07 Å². The quantitative estimate of drug-likeness (QED) is 0.896. The van der Waals surface area contributed by atoms with Crippen LogP contribution in [0.2, 0.25) is 0 Å². The molecule has 1 aromatic heterocycles. The minimum atomic E-state index is 0.0417. The second-order valence-corrected chi connectivity index (χ2v) is 6.96. The number of hydrogen-bond acceptors (Lipinski definition) is 5. The van der Waals surface area contributed by atoms with E-state index in [1.165, 1.54) is 5.56 Å². The molecular weight excluding hydrogens is 326 g/mol. The van der Waals surface area contributed by atoms with Crippen LogP contribution in [0.1, 0.15) is 43.0 Å². The first kappa shape index (κ1) is 17.9. The van der Waals surface area contributed by atoms with Gasteiger partial charge in [0.15, 0.2) is 11.5 Å². The van der Waals surface area contributed by atoms with Gasteiger partial charge in [0.05, 0.1) is 6.42 Å². The number of rotatable bonds is 5. The third kappa shape index (κ3) is 4.37. The summed E-state index contributed by atoms with van der Waals surface area (Å²) in [6.07, 6.45) is 1.27. The molecule has 0 radical (unpaired) electrons. The fourth-order valence-electron chi connectivity index (χ4n) is 3.12. The number of hydrogen-bond donors (Lipinski definition) is 1. The number of nitrogens with one attached hydrogen (secondary N) is 1. The van der Waals surface area contributed by atoms with Gasteiger partial charge in [-0.05, 0) is 35.6 Å². The first-order valence-electron chi connectivity index (χ1n) is 8.92. The topological polar surface area (TPSA) is 81.9 Å². The molecule has 0 spiro atoms. The molecule has 1 fully saturated rings. The first-order chi connectivity index (χ1) is 12.5. The van der Waals surface area contributed by atoms with Crippen LogP contribution in [-0.2, 0) is 11.2 Å². The molecule has 3 rings (SSSR count). The van der Waals surface area contributed by atoms with Crippen LogP contribution in [0.5, 0.6) is 0 Å². The zero-order valence-electron chi connectivity index (χ0n) is 15.1. The molecule has 1 atom stereocenters. The predicted molar refractivity (Wildman–Crippen MR) is 99.7 cm³/mol. The molecule has 1 aromatic carbocycles. The molecule has 0 unspecified atom stereocenters. The van der Waals surface area contributed by atoms with Crippen molar-refractivity contribution in [3.05, 3.63) is 53.2 Å². The second kappa shape index (κ2) is 7.96. The second-order valence-electron chi connectivity index (χ2n) is 6.96. The van der Waals surface area contributed by atoms with Crippen molar-refractivity contribution in [2.24, 2.45) is 0 Å². The highest BCUT2D eigenvalue weighted by molar-refractivity contribution is 5.79. The summed E-state index contributed by atoms with van der Waals surface area (Å²) in [6.45, 7) is 5.84. The highest BCUT2D eigenvalue weighted by atomic mass is 16.1. The number of aromatic nitrogens is 2. The number of nitriles is 1. The molecule has 2 heterocycles. The van der Waals surface area contributed by atoms with E-state index in [1.54, 1.807) is 12.1 Å². The van der Waals surface area contributed by atoms with Gasteiger partial charge in [-0.1, -0.05) is 38.1 Å². The van der Waals surface area contributed by atoms with Crippen LogP contribution in [0, 0.1) is 11.3 Å². The summed E-state index contributed by atoms with van der Waals surface area (Å²) in [5.74, 6) is 1.28. The van der Waals surface area contributed by atoms with Gasteiger partial charge >= 0.3 is 0 Å². The van der Waals surface area contributed by atoms with E-state index < -0.39 is 0 Å². The molecule has 1 aliphatic heterocycles. The van der Waals surface area contributed by atoms with Crippen molar-refractivity contribution in [1.82, 2.24) is 15.5 Å². The number of anilines is 1. The molecule has 6 nitrogen and oxygen atoms in total. The van der Waals surface area contributed by atoms with E-state index >= 15 is 0 Å². The Morgan fingerprint density at radius 1 is 1.27 bits per heavy atom. The summed E-state index contributed by atoms with van der Waals surface area (Å²) in [5.41, 5.74) is 2.62. The van der Waals surface area contributed by atoms with E-state index in [4.69, 9.17) is 5.26 Å². The van der Waals surface area contributed by atoms with Crippen molar-refractivity contribution >= 4 is 11.7 Å². The fraction of sp³-hybridized carbons (Fsp3) is 0.400. The average molecular weight is 349 g/mol. The van der Waals surface area contributed by atoms with E-state index in [2.05, 4.69) is 46.4 Å². The van der Waals surface area contributed by atoms with Gasteiger partial charge in [0, 0.05) is 19.1 Å². The van der Waals surface area contributed by atoms with Gasteiger partial charge in [-0.25, -0.2) is 0 Å². The highest BCUT2D eigenvalue weighted by Crippen LogP contribution is 2.18. The lowest BCUT2D eigenvalue weighted by atomic mass is 10.0. The van der Waals surface area contributed by atoms with Gasteiger partial charge in [-0.2, -0.15) is 5.26 Å². The van der Waals surface area contributed by atoms with Gasteiger partial charge in [-0.3, -0.25) is 4.79 Å². The van der Waals surface area contributed by atoms with Gasteiger partial charge in [0.2, 0.25) is 5.91 Å². The van der Waals surface area contributed by atoms with E-state index in [-0.39, 0.29) is 11.9 Å². The van der Waals surface area contributed by atoms with Crippen molar-refractivity contribution in [2.75, 3.05) is 18.0 Å². The van der Waals surface area contributed by atoms with Gasteiger partial charge in [-0.15, -0.1) is 10.2 Å². The lowest BCUT2D eigenvalue weighted by molar-refractivity contribution is -0.121. The van der Waals surface area contributed by atoms with Crippen LogP contribution >= 0.6 is 0 Å². The van der Waals surface area contributed by atoms with E-state index in [9.17, 15) is 4.79 Å². The minimum absolute atomic E-state index is 0.0417. The van der Waals surface area contributed by atoms with Crippen molar-refractivity contribution in [3.8, 4) is 6.07 Å². The molecule has 26 heavy (non-hydrogen) atoms. The Bertz CT molecular complexity index is 792. The van der Waals surface area contributed by atoms with Crippen LogP contribution in [0.3, 0.4) is 0 Å². The number of nitrogens with zero attached hydrogens (tertiary/aromatic N) is 4. The van der Waals surface area contributed by atoms with Crippen LogP contribution in [0.4, 0.5) is 5.82 Å². The zero-order chi connectivity index (χ0) is 18.5. The Balaban J connectivity index is 1.51. The van der Waals surface area contributed by atoms with Crippen LogP contribution in [-0.4, -0.2) is 35.2 Å². The zero-order valence-corrected chi connectivity index (χ0v) is 15.1. The molecule has 6 heteroatoms. The van der Waals surface area contributed by atoms with E-state index in [1.807, 2.05) is 18.2 Å². The predicted octanol–water partition coefficient (Wildman–Crippen LogP) is 2.41. The summed E-state index contributed by atoms with van der Waals surface area (Å²) >= 11 is 0. The monoisotopic (exact) mass is 349 g/mol. The smallest absolute Gasteiger partial charge is 0.224 e. The Labute approximate surface area is 153 Å².